The molecule has 4 nitrogen and oxygen atoms in total. The Morgan fingerprint density at radius 2 is 1.87 bits per heavy atom. The summed E-state index contributed by atoms with van der Waals surface area (Å²) in [5.74, 6) is 0.516. The van der Waals surface area contributed by atoms with Crippen molar-refractivity contribution in [2.75, 3.05) is 7.11 Å². The summed E-state index contributed by atoms with van der Waals surface area (Å²) in [5, 5.41) is 3.97. The molecule has 4 heteroatoms. The standard InChI is InChI=1S/C19H20N2O2/c1-14-7-9-16(10-8-14)11-12-19(22)21-20-13-17-5-4-6-18(23-3)15(17)2/h4-13H,1-3H3,(H,21,22)/b12-11+,20-13+. The highest BCUT2D eigenvalue weighted by atomic mass is 16.5. The highest BCUT2D eigenvalue weighted by Crippen LogP contribution is 2.19. The fourth-order valence-corrected chi connectivity index (χ4v) is 2.04. The molecule has 0 saturated heterocycles. The Labute approximate surface area is 136 Å². The minimum absolute atomic E-state index is 0.276. The summed E-state index contributed by atoms with van der Waals surface area (Å²) in [5.41, 5.74) is 6.51. The van der Waals surface area contributed by atoms with Crippen molar-refractivity contribution in [3.8, 4) is 5.75 Å². The van der Waals surface area contributed by atoms with Gasteiger partial charge in [0.25, 0.3) is 5.91 Å². The SMILES string of the molecule is COc1cccc(/C=N/NC(=O)/C=C/c2ccc(C)cc2)c1C. The van der Waals surface area contributed by atoms with E-state index in [9.17, 15) is 4.79 Å². The summed E-state index contributed by atoms with van der Waals surface area (Å²) in [6, 6.07) is 13.6. The molecule has 0 bridgehead atoms. The van der Waals surface area contributed by atoms with Crippen LogP contribution in [0.3, 0.4) is 0 Å². The van der Waals surface area contributed by atoms with Crippen LogP contribution in [0.25, 0.3) is 6.08 Å². The maximum atomic E-state index is 11.7. The summed E-state index contributed by atoms with van der Waals surface area (Å²) < 4.78 is 5.25. The van der Waals surface area contributed by atoms with Crippen molar-refractivity contribution in [3.63, 3.8) is 0 Å². The lowest BCUT2D eigenvalue weighted by atomic mass is 10.1. The number of carbonyl (C=O) groups is 1. The zero-order valence-corrected chi connectivity index (χ0v) is 13.5. The van der Waals surface area contributed by atoms with Crippen molar-refractivity contribution in [1.82, 2.24) is 5.43 Å². The number of hydrogen-bond acceptors (Lipinski definition) is 3. The Balaban J connectivity index is 1.95. The maximum Gasteiger partial charge on any atom is 0.264 e. The molecule has 0 radical (unpaired) electrons. The fraction of sp³-hybridized carbons (Fsp3) is 0.158. The van der Waals surface area contributed by atoms with Crippen LogP contribution in [0.1, 0.15) is 22.3 Å². The second kappa shape index (κ2) is 7.94. The number of rotatable bonds is 5. The molecule has 0 aliphatic carbocycles. The van der Waals surface area contributed by atoms with Crippen LogP contribution >= 0.6 is 0 Å². The van der Waals surface area contributed by atoms with E-state index in [-0.39, 0.29) is 5.91 Å². The number of carbonyl (C=O) groups excluding carboxylic acids is 1. The Morgan fingerprint density at radius 3 is 2.57 bits per heavy atom. The van der Waals surface area contributed by atoms with E-state index in [0.29, 0.717) is 0 Å². The lowest BCUT2D eigenvalue weighted by molar-refractivity contribution is -0.116. The molecule has 0 aliphatic rings. The number of ether oxygens (including phenoxy) is 1. The number of hydrazone groups is 1. The van der Waals surface area contributed by atoms with E-state index in [2.05, 4.69) is 10.5 Å². The Hall–Kier alpha value is -2.88. The predicted octanol–water partition coefficient (Wildman–Crippen LogP) is 3.48. The van der Waals surface area contributed by atoms with Gasteiger partial charge in [-0.15, -0.1) is 0 Å². The third kappa shape index (κ3) is 4.81. The maximum absolute atomic E-state index is 11.7. The zero-order valence-electron chi connectivity index (χ0n) is 13.5. The summed E-state index contributed by atoms with van der Waals surface area (Å²) in [4.78, 5) is 11.7. The fourth-order valence-electron chi connectivity index (χ4n) is 2.04. The van der Waals surface area contributed by atoms with Crippen LogP contribution in [0.15, 0.2) is 53.6 Å². The number of hydrogen-bond donors (Lipinski definition) is 1. The molecule has 118 valence electrons. The molecular weight excluding hydrogens is 288 g/mol. The van der Waals surface area contributed by atoms with Gasteiger partial charge >= 0.3 is 0 Å². The molecule has 0 aliphatic heterocycles. The third-order valence-corrected chi connectivity index (χ3v) is 3.43. The molecule has 0 fully saturated rings. The summed E-state index contributed by atoms with van der Waals surface area (Å²) in [7, 11) is 1.63. The van der Waals surface area contributed by atoms with Gasteiger partial charge in [0.05, 0.1) is 13.3 Å². The van der Waals surface area contributed by atoms with E-state index in [1.54, 1.807) is 19.4 Å². The molecule has 0 atom stereocenters. The van der Waals surface area contributed by atoms with Crippen molar-refractivity contribution in [3.05, 3.63) is 70.8 Å². The van der Waals surface area contributed by atoms with Crippen LogP contribution in [0.5, 0.6) is 5.75 Å². The number of nitrogens with zero attached hydrogens (tertiary/aromatic N) is 1. The van der Waals surface area contributed by atoms with E-state index in [1.807, 2.05) is 56.3 Å². The largest absolute Gasteiger partial charge is 0.496 e. The van der Waals surface area contributed by atoms with Gasteiger partial charge in [0.1, 0.15) is 5.75 Å². The topological polar surface area (TPSA) is 50.7 Å². The lowest BCUT2D eigenvalue weighted by Crippen LogP contribution is -2.14. The smallest absolute Gasteiger partial charge is 0.264 e. The number of methoxy groups -OCH3 is 1. The van der Waals surface area contributed by atoms with E-state index in [1.165, 1.54) is 11.6 Å². The molecule has 0 spiro atoms. The van der Waals surface area contributed by atoms with Crippen molar-refractivity contribution < 1.29 is 9.53 Å². The van der Waals surface area contributed by atoms with Crippen LogP contribution in [0, 0.1) is 13.8 Å². The van der Waals surface area contributed by atoms with Gasteiger partial charge in [-0.05, 0) is 37.1 Å². The van der Waals surface area contributed by atoms with Crippen molar-refractivity contribution in [2.45, 2.75) is 13.8 Å². The second-order valence-corrected chi connectivity index (χ2v) is 5.15. The molecule has 0 aromatic heterocycles. The molecule has 23 heavy (non-hydrogen) atoms. The molecule has 1 amide bonds. The monoisotopic (exact) mass is 308 g/mol. The predicted molar refractivity (Wildman–Crippen MR) is 93.7 cm³/mol. The third-order valence-electron chi connectivity index (χ3n) is 3.43. The lowest BCUT2D eigenvalue weighted by Gasteiger charge is -2.06. The van der Waals surface area contributed by atoms with Crippen molar-refractivity contribution in [2.24, 2.45) is 5.10 Å². The molecule has 0 unspecified atom stereocenters. The minimum atomic E-state index is -0.276. The Kier molecular flexibility index (Phi) is 5.69. The van der Waals surface area contributed by atoms with Crippen LogP contribution in [0.4, 0.5) is 0 Å². The highest BCUT2D eigenvalue weighted by molar-refractivity contribution is 5.92. The van der Waals surface area contributed by atoms with Gasteiger partial charge in [-0.1, -0.05) is 42.0 Å². The Bertz CT molecular complexity index is 732. The van der Waals surface area contributed by atoms with Crippen LogP contribution in [0.2, 0.25) is 0 Å². The molecular formula is C19H20N2O2. The van der Waals surface area contributed by atoms with E-state index in [0.717, 1.165) is 22.4 Å². The van der Waals surface area contributed by atoms with E-state index in [4.69, 9.17) is 4.74 Å². The molecule has 0 heterocycles. The van der Waals surface area contributed by atoms with Gasteiger partial charge in [-0.2, -0.15) is 5.10 Å². The van der Waals surface area contributed by atoms with E-state index < -0.39 is 0 Å². The summed E-state index contributed by atoms with van der Waals surface area (Å²) in [6.45, 7) is 3.97. The Morgan fingerprint density at radius 1 is 1.13 bits per heavy atom. The first-order valence-electron chi connectivity index (χ1n) is 7.31. The van der Waals surface area contributed by atoms with Gasteiger partial charge in [0, 0.05) is 11.6 Å². The average molecular weight is 308 g/mol. The van der Waals surface area contributed by atoms with Crippen LogP contribution in [-0.2, 0) is 4.79 Å². The van der Waals surface area contributed by atoms with E-state index >= 15 is 0 Å². The van der Waals surface area contributed by atoms with Gasteiger partial charge in [-0.25, -0.2) is 5.43 Å². The summed E-state index contributed by atoms with van der Waals surface area (Å²) >= 11 is 0. The number of aryl methyl sites for hydroxylation is 1. The number of benzene rings is 2. The van der Waals surface area contributed by atoms with Gasteiger partial charge < -0.3 is 4.74 Å². The van der Waals surface area contributed by atoms with Gasteiger partial charge in [0.2, 0.25) is 0 Å². The second-order valence-electron chi connectivity index (χ2n) is 5.15. The van der Waals surface area contributed by atoms with Crippen molar-refractivity contribution in [1.29, 1.82) is 0 Å². The van der Waals surface area contributed by atoms with Gasteiger partial charge in [0.15, 0.2) is 0 Å². The van der Waals surface area contributed by atoms with Crippen LogP contribution in [-0.4, -0.2) is 19.2 Å². The normalized spacial score (nSPS) is 11.1. The first-order chi connectivity index (χ1) is 11.1. The quantitative estimate of drug-likeness (QED) is 0.522. The summed E-state index contributed by atoms with van der Waals surface area (Å²) in [6.07, 6.45) is 4.82. The van der Waals surface area contributed by atoms with Crippen LogP contribution < -0.4 is 10.2 Å². The highest BCUT2D eigenvalue weighted by Gasteiger charge is 2.01. The number of nitrogens with one attached hydrogen (secondary N) is 1. The van der Waals surface area contributed by atoms with Crippen molar-refractivity contribution >= 4 is 18.2 Å². The molecule has 2 aromatic carbocycles. The number of amides is 1. The molecule has 1 N–H and O–H groups in total. The average Bonchev–Trinajstić information content (AvgIpc) is 2.56. The first-order valence-corrected chi connectivity index (χ1v) is 7.31. The molecule has 2 rings (SSSR count). The zero-order chi connectivity index (χ0) is 16.7. The van der Waals surface area contributed by atoms with Gasteiger partial charge in [-0.3, -0.25) is 4.79 Å². The molecule has 0 saturated carbocycles. The first kappa shape index (κ1) is 16.5. The minimum Gasteiger partial charge on any atom is -0.496 e. The molecule has 2 aromatic rings.